The van der Waals surface area contributed by atoms with E-state index in [1.165, 1.54) is 6.92 Å². The van der Waals surface area contributed by atoms with E-state index in [1.54, 1.807) is 51.1 Å². The minimum atomic E-state index is -1.72. The van der Waals surface area contributed by atoms with Gasteiger partial charge in [0.1, 0.15) is 11.1 Å². The third kappa shape index (κ3) is 3.88. The van der Waals surface area contributed by atoms with Crippen molar-refractivity contribution >= 4 is 17.8 Å². The maximum Gasteiger partial charge on any atom is 0.329 e. The Morgan fingerprint density at radius 3 is 2.31 bits per heavy atom. The van der Waals surface area contributed by atoms with E-state index in [4.69, 9.17) is 4.74 Å². The van der Waals surface area contributed by atoms with Crippen molar-refractivity contribution in [3.8, 4) is 0 Å². The smallest absolute Gasteiger partial charge is 0.329 e. The topological polar surface area (TPSA) is 104 Å². The molecule has 0 radical (unpaired) electrons. The Bertz CT molecular complexity index is 696. The average molecular weight is 363 g/mol. The molecule has 1 amide bonds. The minimum absolute atomic E-state index is 0.163. The highest BCUT2D eigenvalue weighted by molar-refractivity contribution is 5.98. The van der Waals surface area contributed by atoms with Crippen LogP contribution in [0, 0.1) is 5.92 Å². The summed E-state index contributed by atoms with van der Waals surface area (Å²) < 4.78 is 5.25. The molecule has 142 valence electrons. The highest BCUT2D eigenvalue weighted by Crippen LogP contribution is 2.39. The van der Waals surface area contributed by atoms with E-state index in [-0.39, 0.29) is 13.0 Å². The number of rotatable bonds is 4. The lowest BCUT2D eigenvalue weighted by Gasteiger charge is -2.35. The van der Waals surface area contributed by atoms with Gasteiger partial charge in [-0.2, -0.15) is 0 Å². The van der Waals surface area contributed by atoms with Crippen LogP contribution in [0.1, 0.15) is 44.5 Å². The van der Waals surface area contributed by atoms with Crippen LogP contribution >= 0.6 is 0 Å². The second-order valence-corrected chi connectivity index (χ2v) is 7.70. The second kappa shape index (κ2) is 7.07. The predicted molar refractivity (Wildman–Crippen MR) is 93.5 cm³/mol. The zero-order chi connectivity index (χ0) is 19.7. The Morgan fingerprint density at radius 1 is 1.23 bits per heavy atom. The highest BCUT2D eigenvalue weighted by atomic mass is 16.6. The van der Waals surface area contributed by atoms with E-state index in [2.05, 4.69) is 0 Å². The standard InChI is InChI=1S/C19H25NO6/c1-18(2,3)26-15(22)10-13-14(21)11-20(19(13,4)17(24)25)16(23)12-8-6-5-7-9-12/h5-9,13-14,21H,10-11H2,1-4H3,(H,24,25)/t13-,14+,19-/m0/s1. The number of carboxylic acid groups (broad SMARTS) is 1. The number of hydrogen-bond donors (Lipinski definition) is 2. The lowest BCUT2D eigenvalue weighted by molar-refractivity contribution is -0.159. The molecule has 26 heavy (non-hydrogen) atoms. The van der Waals surface area contributed by atoms with Crippen molar-refractivity contribution in [2.45, 2.75) is 51.4 Å². The molecule has 0 bridgehead atoms. The van der Waals surface area contributed by atoms with Crippen molar-refractivity contribution in [2.24, 2.45) is 5.92 Å². The number of carbonyl (C=O) groups is 3. The Labute approximate surface area is 152 Å². The number of carbonyl (C=O) groups excluding carboxylic acids is 2. The summed E-state index contributed by atoms with van der Waals surface area (Å²) in [7, 11) is 0. The van der Waals surface area contributed by atoms with Crippen LogP contribution in [0.3, 0.4) is 0 Å². The van der Waals surface area contributed by atoms with E-state index >= 15 is 0 Å². The van der Waals surface area contributed by atoms with Crippen molar-refractivity contribution in [1.82, 2.24) is 4.90 Å². The third-order valence-corrected chi connectivity index (χ3v) is 4.62. The molecule has 0 aliphatic carbocycles. The number of aliphatic carboxylic acids is 1. The van der Waals surface area contributed by atoms with Gasteiger partial charge in [0.25, 0.3) is 5.91 Å². The zero-order valence-corrected chi connectivity index (χ0v) is 15.4. The number of esters is 1. The molecule has 3 atom stereocenters. The molecular weight excluding hydrogens is 338 g/mol. The normalized spacial score (nSPS) is 25.8. The molecular formula is C19H25NO6. The SMILES string of the molecule is CC(C)(C)OC(=O)C[C@H]1[C@H](O)CN(C(=O)c2ccccc2)[C@]1(C)C(=O)O. The zero-order valence-electron chi connectivity index (χ0n) is 15.4. The second-order valence-electron chi connectivity index (χ2n) is 7.70. The largest absolute Gasteiger partial charge is 0.479 e. The number of likely N-dealkylation sites (tertiary alicyclic amines) is 1. The van der Waals surface area contributed by atoms with Crippen molar-refractivity contribution in [1.29, 1.82) is 0 Å². The van der Waals surface area contributed by atoms with Crippen molar-refractivity contribution in [3.05, 3.63) is 35.9 Å². The number of hydrogen-bond acceptors (Lipinski definition) is 5. The minimum Gasteiger partial charge on any atom is -0.479 e. The lowest BCUT2D eigenvalue weighted by Crippen LogP contribution is -2.55. The van der Waals surface area contributed by atoms with Gasteiger partial charge in [-0.3, -0.25) is 9.59 Å². The van der Waals surface area contributed by atoms with Gasteiger partial charge in [0.05, 0.1) is 12.5 Å². The molecule has 7 nitrogen and oxygen atoms in total. The first-order valence-corrected chi connectivity index (χ1v) is 8.47. The molecule has 1 aromatic rings. The number of aliphatic hydroxyl groups is 1. The number of carboxylic acids is 1. The fourth-order valence-electron chi connectivity index (χ4n) is 3.28. The van der Waals surface area contributed by atoms with Crippen LogP contribution in [-0.4, -0.2) is 56.7 Å². The first-order valence-electron chi connectivity index (χ1n) is 8.47. The molecule has 1 aliphatic rings. The summed E-state index contributed by atoms with van der Waals surface area (Å²) in [6.45, 7) is 6.32. The molecule has 0 spiro atoms. The molecule has 0 saturated carbocycles. The van der Waals surface area contributed by atoms with E-state index < -0.39 is 41.0 Å². The van der Waals surface area contributed by atoms with Crippen LogP contribution in [0.5, 0.6) is 0 Å². The average Bonchev–Trinajstić information content (AvgIpc) is 2.79. The molecule has 0 unspecified atom stereocenters. The molecule has 0 aromatic heterocycles. The highest BCUT2D eigenvalue weighted by Gasteiger charge is 2.58. The van der Waals surface area contributed by atoms with Crippen LogP contribution in [0.25, 0.3) is 0 Å². The van der Waals surface area contributed by atoms with Gasteiger partial charge in [-0.15, -0.1) is 0 Å². The van der Waals surface area contributed by atoms with Crippen LogP contribution < -0.4 is 0 Å². The van der Waals surface area contributed by atoms with Crippen LogP contribution in [-0.2, 0) is 14.3 Å². The monoisotopic (exact) mass is 363 g/mol. The van der Waals surface area contributed by atoms with E-state index in [0.717, 1.165) is 4.90 Å². The van der Waals surface area contributed by atoms with Gasteiger partial charge in [-0.05, 0) is 39.8 Å². The third-order valence-electron chi connectivity index (χ3n) is 4.62. The summed E-state index contributed by atoms with van der Waals surface area (Å²) in [6, 6.07) is 8.26. The van der Waals surface area contributed by atoms with Gasteiger partial charge in [0.2, 0.25) is 0 Å². The summed E-state index contributed by atoms with van der Waals surface area (Å²) in [4.78, 5) is 38.2. The number of β-amino-alcohol motifs (C(OH)–C–C–N with tert-alkyl or cyclic N) is 1. The van der Waals surface area contributed by atoms with Gasteiger partial charge < -0.3 is 19.8 Å². The van der Waals surface area contributed by atoms with Crippen LogP contribution in [0.2, 0.25) is 0 Å². The summed E-state index contributed by atoms with van der Waals surface area (Å²) >= 11 is 0. The summed E-state index contributed by atoms with van der Waals surface area (Å²) in [5, 5.41) is 20.2. The Kier molecular flexibility index (Phi) is 5.41. The van der Waals surface area contributed by atoms with E-state index in [9.17, 15) is 24.6 Å². The van der Waals surface area contributed by atoms with E-state index in [0.29, 0.717) is 5.56 Å². The van der Waals surface area contributed by atoms with Crippen LogP contribution in [0.4, 0.5) is 0 Å². The van der Waals surface area contributed by atoms with Gasteiger partial charge >= 0.3 is 11.9 Å². The maximum absolute atomic E-state index is 12.8. The number of aliphatic hydroxyl groups excluding tert-OH is 1. The van der Waals surface area contributed by atoms with Crippen molar-refractivity contribution < 1.29 is 29.3 Å². The van der Waals surface area contributed by atoms with Crippen molar-refractivity contribution in [2.75, 3.05) is 6.54 Å². The predicted octanol–water partition coefficient (Wildman–Crippen LogP) is 1.69. The number of ether oxygens (including phenoxy) is 1. The lowest BCUT2D eigenvalue weighted by atomic mass is 9.82. The molecule has 1 fully saturated rings. The molecule has 1 heterocycles. The van der Waals surface area contributed by atoms with Crippen molar-refractivity contribution in [3.63, 3.8) is 0 Å². The summed E-state index contributed by atoms with van der Waals surface area (Å²) in [5.74, 6) is -3.35. The first-order chi connectivity index (χ1) is 12.0. The first kappa shape index (κ1) is 19.9. The number of amides is 1. The Morgan fingerprint density at radius 2 is 1.81 bits per heavy atom. The fraction of sp³-hybridized carbons (Fsp3) is 0.526. The molecule has 1 aromatic carbocycles. The quantitative estimate of drug-likeness (QED) is 0.789. The molecule has 1 aliphatic heterocycles. The molecule has 7 heteroatoms. The molecule has 1 saturated heterocycles. The number of nitrogens with zero attached hydrogens (tertiary/aromatic N) is 1. The fourth-order valence-corrected chi connectivity index (χ4v) is 3.28. The maximum atomic E-state index is 12.8. The summed E-state index contributed by atoms with van der Waals surface area (Å²) in [6.07, 6.45) is -1.43. The van der Waals surface area contributed by atoms with Crippen LogP contribution in [0.15, 0.2) is 30.3 Å². The molecule has 2 rings (SSSR count). The number of benzene rings is 1. The Hall–Kier alpha value is -2.41. The molecule has 2 N–H and O–H groups in total. The van der Waals surface area contributed by atoms with Gasteiger partial charge in [-0.25, -0.2) is 4.79 Å². The Balaban J connectivity index is 2.31. The summed E-state index contributed by atoms with van der Waals surface area (Å²) in [5.41, 5.74) is -2.12. The van der Waals surface area contributed by atoms with Gasteiger partial charge in [0.15, 0.2) is 0 Å². The van der Waals surface area contributed by atoms with E-state index in [1.807, 2.05) is 0 Å². The van der Waals surface area contributed by atoms with Gasteiger partial charge in [0, 0.05) is 18.0 Å². The van der Waals surface area contributed by atoms with Gasteiger partial charge in [-0.1, -0.05) is 18.2 Å².